The van der Waals surface area contributed by atoms with Gasteiger partial charge in [-0.05, 0) is 28.8 Å². The highest BCUT2D eigenvalue weighted by Gasteiger charge is 2.15. The lowest BCUT2D eigenvalue weighted by Crippen LogP contribution is -2.16. The Morgan fingerprint density at radius 3 is 2.28 bits per heavy atom. The number of benzene rings is 2. The Balaban J connectivity index is 1.62. The van der Waals surface area contributed by atoms with E-state index >= 15 is 0 Å². The second-order valence-electron chi connectivity index (χ2n) is 6.23. The first-order chi connectivity index (χ1) is 12.2. The number of nitrogens with zero attached hydrogens (tertiary/aromatic N) is 1. The van der Waals surface area contributed by atoms with Gasteiger partial charge in [0.1, 0.15) is 11.5 Å². The molecule has 128 valence electrons. The molecule has 0 aliphatic heterocycles. The summed E-state index contributed by atoms with van der Waals surface area (Å²) < 4.78 is 5.18. The molecule has 0 bridgehead atoms. The highest BCUT2D eigenvalue weighted by Crippen LogP contribution is 2.23. The van der Waals surface area contributed by atoms with Crippen LogP contribution in [-0.4, -0.2) is 22.9 Å². The standard InChI is InChI=1S/C21H22N2O2/c1-15(11-19-13-22-14-23-19)21(24)12-16-3-5-17(6-4-16)18-7-9-20(25-2)10-8-18/h3-10,13-15H,11-12H2,1-2H3,(H,22,23)/t15-/m0/s1. The fourth-order valence-electron chi connectivity index (χ4n) is 2.80. The molecule has 4 nitrogen and oxygen atoms in total. The molecule has 1 N–H and O–H groups in total. The number of ketones is 1. The fourth-order valence-corrected chi connectivity index (χ4v) is 2.80. The summed E-state index contributed by atoms with van der Waals surface area (Å²) in [5.41, 5.74) is 4.22. The summed E-state index contributed by atoms with van der Waals surface area (Å²) in [7, 11) is 1.66. The summed E-state index contributed by atoms with van der Waals surface area (Å²) in [5, 5.41) is 0. The highest BCUT2D eigenvalue weighted by atomic mass is 16.5. The minimum Gasteiger partial charge on any atom is -0.497 e. The van der Waals surface area contributed by atoms with Crippen LogP contribution in [0.3, 0.4) is 0 Å². The number of aromatic amines is 1. The molecular weight excluding hydrogens is 312 g/mol. The van der Waals surface area contributed by atoms with Crippen LogP contribution in [0.5, 0.6) is 5.75 Å². The number of rotatable bonds is 7. The van der Waals surface area contributed by atoms with Crippen LogP contribution >= 0.6 is 0 Å². The Morgan fingerprint density at radius 1 is 1.08 bits per heavy atom. The molecule has 0 unspecified atom stereocenters. The minimum atomic E-state index is -0.0374. The zero-order valence-electron chi connectivity index (χ0n) is 14.5. The third-order valence-corrected chi connectivity index (χ3v) is 4.38. The number of methoxy groups -OCH3 is 1. The van der Waals surface area contributed by atoms with Gasteiger partial charge in [0.15, 0.2) is 0 Å². The third-order valence-electron chi connectivity index (χ3n) is 4.38. The van der Waals surface area contributed by atoms with E-state index in [-0.39, 0.29) is 11.7 Å². The third kappa shape index (κ3) is 4.35. The predicted molar refractivity (Wildman–Crippen MR) is 98.6 cm³/mol. The number of aromatic nitrogens is 2. The van der Waals surface area contributed by atoms with Gasteiger partial charge in [0.05, 0.1) is 19.1 Å². The number of carbonyl (C=O) groups excluding carboxylic acids is 1. The van der Waals surface area contributed by atoms with Gasteiger partial charge in [-0.2, -0.15) is 0 Å². The van der Waals surface area contributed by atoms with E-state index in [1.165, 1.54) is 0 Å². The molecule has 1 atom stereocenters. The van der Waals surface area contributed by atoms with E-state index in [1.807, 2.05) is 49.5 Å². The van der Waals surface area contributed by atoms with Crippen molar-refractivity contribution in [2.24, 2.45) is 5.92 Å². The number of nitrogens with one attached hydrogen (secondary N) is 1. The van der Waals surface area contributed by atoms with E-state index in [1.54, 1.807) is 13.4 Å². The van der Waals surface area contributed by atoms with Gasteiger partial charge in [-0.1, -0.05) is 43.3 Å². The molecule has 0 saturated heterocycles. The first-order valence-corrected chi connectivity index (χ1v) is 8.39. The smallest absolute Gasteiger partial charge is 0.140 e. The molecule has 2 aromatic carbocycles. The first kappa shape index (κ1) is 17.0. The number of carbonyl (C=O) groups is 1. The predicted octanol–water partition coefficient (Wildman–Crippen LogP) is 4.08. The van der Waals surface area contributed by atoms with Gasteiger partial charge in [0.25, 0.3) is 0 Å². The van der Waals surface area contributed by atoms with Crippen molar-refractivity contribution >= 4 is 5.78 Å². The van der Waals surface area contributed by atoms with E-state index in [4.69, 9.17) is 4.74 Å². The Labute approximate surface area is 147 Å². The zero-order chi connectivity index (χ0) is 17.6. The molecule has 0 amide bonds. The lowest BCUT2D eigenvalue weighted by atomic mass is 9.94. The molecule has 25 heavy (non-hydrogen) atoms. The van der Waals surface area contributed by atoms with Crippen molar-refractivity contribution in [3.63, 3.8) is 0 Å². The lowest BCUT2D eigenvalue weighted by molar-refractivity contribution is -0.121. The van der Waals surface area contributed by atoms with Crippen LogP contribution in [0, 0.1) is 5.92 Å². The number of imidazole rings is 1. The summed E-state index contributed by atoms with van der Waals surface area (Å²) >= 11 is 0. The summed E-state index contributed by atoms with van der Waals surface area (Å²) in [6.45, 7) is 1.96. The molecular formula is C21H22N2O2. The van der Waals surface area contributed by atoms with Crippen molar-refractivity contribution in [2.75, 3.05) is 7.11 Å². The molecule has 0 fully saturated rings. The number of hydrogen-bond donors (Lipinski definition) is 1. The highest BCUT2D eigenvalue weighted by molar-refractivity contribution is 5.83. The van der Waals surface area contributed by atoms with Gasteiger partial charge in [0.2, 0.25) is 0 Å². The maximum Gasteiger partial charge on any atom is 0.140 e. The molecule has 0 saturated carbocycles. The van der Waals surface area contributed by atoms with Gasteiger partial charge in [-0.3, -0.25) is 4.79 Å². The Bertz CT molecular complexity index is 806. The molecule has 0 aliphatic carbocycles. The summed E-state index contributed by atoms with van der Waals surface area (Å²) in [6.07, 6.45) is 4.61. The monoisotopic (exact) mass is 334 g/mol. The molecule has 4 heteroatoms. The van der Waals surface area contributed by atoms with Crippen molar-refractivity contribution in [1.29, 1.82) is 0 Å². The van der Waals surface area contributed by atoms with E-state index in [0.717, 1.165) is 28.1 Å². The topological polar surface area (TPSA) is 55.0 Å². The molecule has 0 radical (unpaired) electrons. The van der Waals surface area contributed by atoms with Crippen molar-refractivity contribution in [2.45, 2.75) is 19.8 Å². The lowest BCUT2D eigenvalue weighted by Gasteiger charge is -2.10. The van der Waals surface area contributed by atoms with Gasteiger partial charge in [-0.15, -0.1) is 0 Å². The second-order valence-corrected chi connectivity index (χ2v) is 6.23. The van der Waals surface area contributed by atoms with Crippen molar-refractivity contribution < 1.29 is 9.53 Å². The van der Waals surface area contributed by atoms with E-state index in [0.29, 0.717) is 12.8 Å². The SMILES string of the molecule is COc1ccc(-c2ccc(CC(=O)[C@@H](C)Cc3c[nH]cn3)cc2)cc1. The van der Waals surface area contributed by atoms with Crippen molar-refractivity contribution in [1.82, 2.24) is 9.97 Å². The number of H-pyrrole nitrogens is 1. The Hall–Kier alpha value is -2.88. The van der Waals surface area contributed by atoms with Gasteiger partial charge in [-0.25, -0.2) is 4.98 Å². The quantitative estimate of drug-likeness (QED) is 0.708. The van der Waals surface area contributed by atoms with Crippen molar-refractivity contribution in [3.8, 4) is 16.9 Å². The molecule has 0 spiro atoms. The second kappa shape index (κ2) is 7.79. The van der Waals surface area contributed by atoms with Crippen LogP contribution in [0.25, 0.3) is 11.1 Å². The zero-order valence-corrected chi connectivity index (χ0v) is 14.5. The maximum atomic E-state index is 12.4. The van der Waals surface area contributed by atoms with Gasteiger partial charge < -0.3 is 9.72 Å². The molecule has 1 aromatic heterocycles. The first-order valence-electron chi connectivity index (χ1n) is 8.39. The maximum absolute atomic E-state index is 12.4. The van der Waals surface area contributed by atoms with Crippen LogP contribution in [-0.2, 0) is 17.6 Å². The molecule has 3 rings (SSSR count). The van der Waals surface area contributed by atoms with Crippen LogP contribution in [0.2, 0.25) is 0 Å². The minimum absolute atomic E-state index is 0.0374. The molecule has 3 aromatic rings. The average molecular weight is 334 g/mol. The summed E-state index contributed by atoms with van der Waals surface area (Å²) in [6, 6.07) is 16.1. The van der Waals surface area contributed by atoms with Gasteiger partial charge >= 0.3 is 0 Å². The largest absolute Gasteiger partial charge is 0.497 e. The van der Waals surface area contributed by atoms with Crippen molar-refractivity contribution in [3.05, 3.63) is 72.3 Å². The van der Waals surface area contributed by atoms with E-state index < -0.39 is 0 Å². The number of Topliss-reactive ketones (excluding diaryl/α,β-unsaturated/α-hetero) is 1. The summed E-state index contributed by atoms with van der Waals surface area (Å²) in [4.78, 5) is 19.5. The summed E-state index contributed by atoms with van der Waals surface area (Å²) in [5.74, 6) is 1.04. The van der Waals surface area contributed by atoms with E-state index in [2.05, 4.69) is 22.1 Å². The van der Waals surface area contributed by atoms with Crippen LogP contribution < -0.4 is 4.74 Å². The van der Waals surface area contributed by atoms with E-state index in [9.17, 15) is 4.79 Å². The Kier molecular flexibility index (Phi) is 5.29. The van der Waals surface area contributed by atoms with Gasteiger partial charge in [0, 0.05) is 25.0 Å². The fraction of sp³-hybridized carbons (Fsp3) is 0.238. The normalized spacial score (nSPS) is 11.9. The van der Waals surface area contributed by atoms with Crippen LogP contribution in [0.1, 0.15) is 18.2 Å². The Morgan fingerprint density at radius 2 is 1.72 bits per heavy atom. The molecule has 0 aliphatic rings. The van der Waals surface area contributed by atoms with Crippen LogP contribution in [0.4, 0.5) is 0 Å². The number of ether oxygens (including phenoxy) is 1. The van der Waals surface area contributed by atoms with Crippen LogP contribution in [0.15, 0.2) is 61.1 Å². The average Bonchev–Trinajstić information content (AvgIpc) is 3.15. The molecule has 1 heterocycles. The number of hydrogen-bond acceptors (Lipinski definition) is 3.